The number of ether oxygens (including phenoxy) is 1. The largest absolute Gasteiger partial charge is 0.373 e. The maximum atomic E-state index is 13.6. The molecule has 2 heterocycles. The van der Waals surface area contributed by atoms with E-state index in [1.54, 1.807) is 6.20 Å². The maximum Gasteiger partial charge on any atom is 0.256 e. The summed E-state index contributed by atoms with van der Waals surface area (Å²) >= 11 is 0. The summed E-state index contributed by atoms with van der Waals surface area (Å²) in [6, 6.07) is 19.7. The van der Waals surface area contributed by atoms with Crippen LogP contribution in [0.5, 0.6) is 0 Å². The molecule has 1 aliphatic heterocycles. The van der Waals surface area contributed by atoms with Crippen LogP contribution >= 0.6 is 0 Å². The number of fused-ring (bicyclic) bond motifs is 1. The Morgan fingerprint density at radius 1 is 1.11 bits per heavy atom. The van der Waals surface area contributed by atoms with Crippen molar-refractivity contribution in [3.05, 3.63) is 78.0 Å². The van der Waals surface area contributed by atoms with E-state index in [-0.39, 0.29) is 18.1 Å². The first-order valence-corrected chi connectivity index (χ1v) is 9.61. The molecule has 0 spiro atoms. The molecule has 2 aromatic carbocycles. The number of hydrogen-bond donors (Lipinski definition) is 0. The fourth-order valence-corrected chi connectivity index (χ4v) is 3.95. The van der Waals surface area contributed by atoms with Crippen molar-refractivity contribution in [3.63, 3.8) is 0 Å². The fourth-order valence-electron chi connectivity index (χ4n) is 3.95. The molecule has 0 N–H and O–H groups in total. The molecular formula is C23H25N3O2. The number of aromatic nitrogens is 1. The number of amides is 1. The zero-order valence-corrected chi connectivity index (χ0v) is 16.3. The molecule has 3 aromatic rings. The second kappa shape index (κ2) is 8.09. The third-order valence-corrected chi connectivity index (χ3v) is 5.16. The van der Waals surface area contributed by atoms with Crippen molar-refractivity contribution in [2.75, 3.05) is 33.8 Å². The molecule has 0 radical (unpaired) electrons. The van der Waals surface area contributed by atoms with Gasteiger partial charge in [0.15, 0.2) is 0 Å². The van der Waals surface area contributed by atoms with Crippen LogP contribution in [0.4, 0.5) is 0 Å². The minimum Gasteiger partial charge on any atom is -0.373 e. The summed E-state index contributed by atoms with van der Waals surface area (Å²) in [5.41, 5.74) is 2.48. The van der Waals surface area contributed by atoms with E-state index in [0.29, 0.717) is 18.7 Å². The van der Waals surface area contributed by atoms with Gasteiger partial charge in [-0.3, -0.25) is 9.78 Å². The van der Waals surface area contributed by atoms with Gasteiger partial charge in [0.05, 0.1) is 29.8 Å². The second-order valence-electron chi connectivity index (χ2n) is 7.41. The number of para-hydroxylation sites is 1. The van der Waals surface area contributed by atoms with E-state index in [2.05, 4.69) is 22.0 Å². The van der Waals surface area contributed by atoms with Gasteiger partial charge in [0, 0.05) is 24.7 Å². The van der Waals surface area contributed by atoms with E-state index >= 15 is 0 Å². The Balaban J connectivity index is 1.75. The van der Waals surface area contributed by atoms with Crippen molar-refractivity contribution in [2.24, 2.45) is 0 Å². The number of rotatable bonds is 4. The Bertz CT molecular complexity index is 953. The standard InChI is InChI=1S/C23H25N3O2/c1-25(2)16-20-22(18-8-4-3-5-9-18)26(14-15-28-20)23(27)19-12-6-10-17-11-7-13-24-21(17)19/h3-13,20,22H,14-16H2,1-2H3/t20-,22-/m0/s1. The molecule has 144 valence electrons. The monoisotopic (exact) mass is 375 g/mol. The van der Waals surface area contributed by atoms with Crippen molar-refractivity contribution in [1.82, 2.24) is 14.8 Å². The zero-order valence-electron chi connectivity index (χ0n) is 16.3. The average Bonchev–Trinajstić information content (AvgIpc) is 2.73. The summed E-state index contributed by atoms with van der Waals surface area (Å²) in [5, 5.41) is 0.975. The number of morpholine rings is 1. The maximum absolute atomic E-state index is 13.6. The highest BCUT2D eigenvalue weighted by atomic mass is 16.5. The van der Waals surface area contributed by atoms with Gasteiger partial charge < -0.3 is 14.5 Å². The summed E-state index contributed by atoms with van der Waals surface area (Å²) in [7, 11) is 4.06. The van der Waals surface area contributed by atoms with Crippen LogP contribution in [0.2, 0.25) is 0 Å². The lowest BCUT2D eigenvalue weighted by atomic mass is 9.96. The van der Waals surface area contributed by atoms with E-state index in [4.69, 9.17) is 4.74 Å². The first-order chi connectivity index (χ1) is 13.6. The van der Waals surface area contributed by atoms with Gasteiger partial charge in [-0.25, -0.2) is 0 Å². The van der Waals surface area contributed by atoms with Crippen LogP contribution in [0.3, 0.4) is 0 Å². The van der Waals surface area contributed by atoms with Crippen LogP contribution in [-0.4, -0.2) is 60.6 Å². The summed E-state index contributed by atoms with van der Waals surface area (Å²) in [4.78, 5) is 22.2. The Morgan fingerprint density at radius 2 is 1.89 bits per heavy atom. The summed E-state index contributed by atoms with van der Waals surface area (Å²) in [6.07, 6.45) is 1.65. The molecule has 1 amide bonds. The van der Waals surface area contributed by atoms with Gasteiger partial charge in [-0.2, -0.15) is 0 Å². The number of pyridine rings is 1. The lowest BCUT2D eigenvalue weighted by Crippen LogP contribution is -2.51. The molecule has 28 heavy (non-hydrogen) atoms. The Morgan fingerprint density at radius 3 is 2.68 bits per heavy atom. The number of likely N-dealkylation sites (N-methyl/N-ethyl adjacent to an activating group) is 1. The summed E-state index contributed by atoms with van der Waals surface area (Å²) in [5.74, 6) is 0.00482. The molecule has 1 fully saturated rings. The molecule has 2 atom stereocenters. The van der Waals surface area contributed by atoms with Crippen molar-refractivity contribution in [1.29, 1.82) is 0 Å². The van der Waals surface area contributed by atoms with Crippen LogP contribution in [0.25, 0.3) is 10.9 Å². The molecule has 5 heteroatoms. The molecule has 1 saturated heterocycles. The smallest absolute Gasteiger partial charge is 0.256 e. The third kappa shape index (κ3) is 3.63. The second-order valence-corrected chi connectivity index (χ2v) is 7.41. The van der Waals surface area contributed by atoms with E-state index in [0.717, 1.165) is 23.0 Å². The van der Waals surface area contributed by atoms with Crippen LogP contribution in [-0.2, 0) is 4.74 Å². The normalized spacial score (nSPS) is 19.9. The van der Waals surface area contributed by atoms with Crippen LogP contribution in [0.15, 0.2) is 66.9 Å². The number of carbonyl (C=O) groups excluding carboxylic acids is 1. The molecule has 0 saturated carbocycles. The molecule has 1 aliphatic rings. The van der Waals surface area contributed by atoms with Crippen molar-refractivity contribution >= 4 is 16.8 Å². The van der Waals surface area contributed by atoms with Crippen LogP contribution in [0.1, 0.15) is 22.0 Å². The molecule has 0 bridgehead atoms. The lowest BCUT2D eigenvalue weighted by molar-refractivity contribution is -0.0684. The molecule has 0 aliphatic carbocycles. The quantitative estimate of drug-likeness (QED) is 0.701. The predicted octanol–water partition coefficient (Wildman–Crippen LogP) is 3.38. The Kier molecular flexibility index (Phi) is 5.37. The average molecular weight is 375 g/mol. The van der Waals surface area contributed by atoms with E-state index in [1.165, 1.54) is 0 Å². The number of hydrogen-bond acceptors (Lipinski definition) is 4. The molecule has 1 aromatic heterocycles. The number of nitrogens with zero attached hydrogens (tertiary/aromatic N) is 3. The van der Waals surface area contributed by atoms with Gasteiger partial charge in [-0.05, 0) is 31.8 Å². The molecular weight excluding hydrogens is 350 g/mol. The van der Waals surface area contributed by atoms with E-state index in [9.17, 15) is 4.79 Å². The van der Waals surface area contributed by atoms with Gasteiger partial charge in [0.2, 0.25) is 0 Å². The van der Waals surface area contributed by atoms with Gasteiger partial charge >= 0.3 is 0 Å². The van der Waals surface area contributed by atoms with Crippen LogP contribution in [0, 0.1) is 0 Å². The zero-order chi connectivity index (χ0) is 19.5. The van der Waals surface area contributed by atoms with Gasteiger partial charge in [-0.15, -0.1) is 0 Å². The van der Waals surface area contributed by atoms with Crippen LogP contribution < -0.4 is 0 Å². The first kappa shape index (κ1) is 18.6. The summed E-state index contributed by atoms with van der Waals surface area (Å²) < 4.78 is 6.11. The Hall–Kier alpha value is -2.76. The SMILES string of the molecule is CN(C)C[C@@H]1OCCN(C(=O)c2cccc3cccnc23)[C@H]1c1ccccc1. The van der Waals surface area contributed by atoms with E-state index in [1.807, 2.05) is 67.5 Å². The van der Waals surface area contributed by atoms with Crippen molar-refractivity contribution < 1.29 is 9.53 Å². The number of carbonyl (C=O) groups is 1. The highest BCUT2D eigenvalue weighted by molar-refractivity contribution is 6.05. The topological polar surface area (TPSA) is 45.7 Å². The van der Waals surface area contributed by atoms with Gasteiger partial charge in [0.25, 0.3) is 5.91 Å². The highest BCUT2D eigenvalue weighted by Gasteiger charge is 2.37. The fraction of sp³-hybridized carbons (Fsp3) is 0.304. The molecule has 0 unspecified atom stereocenters. The third-order valence-electron chi connectivity index (χ3n) is 5.16. The lowest BCUT2D eigenvalue weighted by Gasteiger charge is -2.42. The van der Waals surface area contributed by atoms with E-state index < -0.39 is 0 Å². The number of benzene rings is 2. The first-order valence-electron chi connectivity index (χ1n) is 9.61. The Labute approximate surface area is 165 Å². The minimum absolute atomic E-state index is 0.00482. The highest BCUT2D eigenvalue weighted by Crippen LogP contribution is 2.32. The minimum atomic E-state index is -0.135. The van der Waals surface area contributed by atoms with Crippen molar-refractivity contribution in [2.45, 2.75) is 12.1 Å². The van der Waals surface area contributed by atoms with Gasteiger partial charge in [0.1, 0.15) is 0 Å². The van der Waals surface area contributed by atoms with Crippen molar-refractivity contribution in [3.8, 4) is 0 Å². The predicted molar refractivity (Wildman–Crippen MR) is 110 cm³/mol. The van der Waals surface area contributed by atoms with Gasteiger partial charge in [-0.1, -0.05) is 48.5 Å². The molecule has 5 nitrogen and oxygen atoms in total. The summed E-state index contributed by atoms with van der Waals surface area (Å²) in [6.45, 7) is 1.84. The molecule has 4 rings (SSSR count).